The van der Waals surface area contributed by atoms with Gasteiger partial charge in [0.1, 0.15) is 12.6 Å². The maximum atomic E-state index is 13.0. The Balaban J connectivity index is 1.30. The van der Waals surface area contributed by atoms with Gasteiger partial charge in [-0.1, -0.05) is 35.0 Å². The van der Waals surface area contributed by atoms with Crippen molar-refractivity contribution in [1.82, 2.24) is 25.5 Å². The molecule has 2 unspecified atom stereocenters. The number of aromatic nitrogens is 2. The molecule has 2 aliphatic rings. The van der Waals surface area contributed by atoms with E-state index in [-0.39, 0.29) is 24.5 Å². The van der Waals surface area contributed by atoms with Crippen LogP contribution in [0, 0.1) is 6.92 Å². The Kier molecular flexibility index (Phi) is 4.22. The van der Waals surface area contributed by atoms with Crippen LogP contribution in [-0.2, 0) is 11.3 Å². The van der Waals surface area contributed by atoms with Gasteiger partial charge in [-0.3, -0.25) is 4.79 Å². The van der Waals surface area contributed by atoms with Gasteiger partial charge in [0, 0.05) is 29.3 Å². The molecule has 8 heteroatoms. The molecule has 0 radical (unpaired) electrons. The summed E-state index contributed by atoms with van der Waals surface area (Å²) in [5, 5.41) is 8.01. The van der Waals surface area contributed by atoms with Gasteiger partial charge in [-0.15, -0.1) is 11.3 Å². The molecule has 1 saturated heterocycles. The Morgan fingerprint density at radius 2 is 2.21 bits per heavy atom. The van der Waals surface area contributed by atoms with Crippen LogP contribution < -0.4 is 5.43 Å². The number of carbonyl (C=O) groups is 1. The number of thiophene rings is 1. The van der Waals surface area contributed by atoms with Crippen LogP contribution >= 0.6 is 11.3 Å². The second-order valence-electron chi connectivity index (χ2n) is 7.00. The van der Waals surface area contributed by atoms with Crippen molar-refractivity contribution in [3.8, 4) is 11.4 Å². The molecule has 3 aromatic rings. The average Bonchev–Trinajstić information content (AvgIpc) is 3.44. The van der Waals surface area contributed by atoms with Crippen molar-refractivity contribution in [2.24, 2.45) is 0 Å². The molecule has 0 spiro atoms. The third-order valence-corrected chi connectivity index (χ3v) is 6.00. The average molecular weight is 393 g/mol. The lowest BCUT2D eigenvalue weighted by Crippen LogP contribution is -2.47. The van der Waals surface area contributed by atoms with Gasteiger partial charge in [0.15, 0.2) is 0 Å². The highest BCUT2D eigenvalue weighted by Crippen LogP contribution is 2.33. The van der Waals surface area contributed by atoms with Crippen LogP contribution in [0.4, 0.5) is 0 Å². The predicted molar refractivity (Wildman–Crippen MR) is 105 cm³/mol. The third-order valence-electron chi connectivity index (χ3n) is 5.01. The highest BCUT2D eigenvalue weighted by molar-refractivity contribution is 7.10. The van der Waals surface area contributed by atoms with Gasteiger partial charge in [-0.2, -0.15) is 4.98 Å². The minimum Gasteiger partial charge on any atom is -0.337 e. The molecule has 7 nitrogen and oxygen atoms in total. The fourth-order valence-corrected chi connectivity index (χ4v) is 4.39. The first kappa shape index (κ1) is 17.2. The van der Waals surface area contributed by atoms with Gasteiger partial charge in [0.05, 0.1) is 6.04 Å². The number of amides is 1. The molecule has 1 amide bonds. The summed E-state index contributed by atoms with van der Waals surface area (Å²) >= 11 is 1.70. The zero-order valence-electron chi connectivity index (χ0n) is 15.3. The van der Waals surface area contributed by atoms with E-state index < -0.39 is 0 Å². The number of hydrogen-bond donors (Lipinski definition) is 1. The Morgan fingerprint density at radius 3 is 3.04 bits per heavy atom. The molecular formula is C20H19N5O2S. The van der Waals surface area contributed by atoms with E-state index in [1.54, 1.807) is 22.4 Å². The number of carbonyl (C=O) groups excluding carboxylic acids is 1. The molecule has 1 aromatic carbocycles. The van der Waals surface area contributed by atoms with Crippen molar-refractivity contribution < 1.29 is 9.32 Å². The number of fused-ring (bicyclic) bond motifs is 1. The third kappa shape index (κ3) is 3.10. The molecule has 4 heterocycles. The number of hydrazine groups is 1. The van der Waals surface area contributed by atoms with E-state index in [4.69, 9.17) is 4.52 Å². The number of nitrogens with zero attached hydrogens (tertiary/aromatic N) is 4. The minimum absolute atomic E-state index is 0.0318. The monoisotopic (exact) mass is 393 g/mol. The molecule has 2 aliphatic heterocycles. The van der Waals surface area contributed by atoms with Crippen LogP contribution in [0.25, 0.3) is 11.4 Å². The largest absolute Gasteiger partial charge is 0.337 e. The minimum atomic E-state index is -0.226. The number of hydrogen-bond acceptors (Lipinski definition) is 7. The van der Waals surface area contributed by atoms with Gasteiger partial charge >= 0.3 is 0 Å². The number of rotatable bonds is 4. The summed E-state index contributed by atoms with van der Waals surface area (Å²) in [7, 11) is 0. The van der Waals surface area contributed by atoms with E-state index in [2.05, 4.69) is 27.0 Å². The summed E-state index contributed by atoms with van der Waals surface area (Å²) in [5.41, 5.74) is 5.43. The molecule has 28 heavy (non-hydrogen) atoms. The van der Waals surface area contributed by atoms with Crippen LogP contribution in [0.15, 0.2) is 58.7 Å². The van der Waals surface area contributed by atoms with Gasteiger partial charge in [0.25, 0.3) is 5.91 Å². The van der Waals surface area contributed by atoms with Crippen molar-refractivity contribution in [3.05, 3.63) is 70.5 Å². The lowest BCUT2D eigenvalue weighted by molar-refractivity contribution is -0.135. The highest BCUT2D eigenvalue weighted by atomic mass is 32.1. The predicted octanol–water partition coefficient (Wildman–Crippen LogP) is 3.24. The van der Waals surface area contributed by atoms with Gasteiger partial charge in [-0.25, -0.2) is 5.43 Å². The van der Waals surface area contributed by atoms with Crippen molar-refractivity contribution in [2.75, 3.05) is 0 Å². The summed E-state index contributed by atoms with van der Waals surface area (Å²) in [4.78, 5) is 20.3. The van der Waals surface area contributed by atoms with Crippen molar-refractivity contribution >= 4 is 17.2 Å². The Bertz CT molecular complexity index is 1030. The number of nitrogens with one attached hydrogen (secondary N) is 1. The Hall–Kier alpha value is -2.97. The quantitative estimate of drug-likeness (QED) is 0.734. The molecule has 0 saturated carbocycles. The van der Waals surface area contributed by atoms with Crippen LogP contribution in [-0.4, -0.2) is 32.0 Å². The molecule has 0 bridgehead atoms. The van der Waals surface area contributed by atoms with E-state index in [0.29, 0.717) is 11.7 Å². The topological polar surface area (TPSA) is 74.5 Å². The SMILES string of the molecule is Cc1cccc(-c2noc(CN3C=CN4NC(c5cccs5)CC4C3=O)n2)c1. The standard InChI is InChI=1S/C20H19N5O2S/c1-13-4-2-5-14(10-13)19-21-18(27-23-19)12-24-7-8-25-16(20(24)26)11-15(22-25)17-6-3-9-28-17/h2-10,15-16,22H,11-12H2,1H3. The smallest absolute Gasteiger partial charge is 0.251 e. The fourth-order valence-electron chi connectivity index (χ4n) is 3.61. The van der Waals surface area contributed by atoms with Crippen LogP contribution in [0.3, 0.4) is 0 Å². The molecule has 2 atom stereocenters. The molecule has 1 fully saturated rings. The van der Waals surface area contributed by atoms with E-state index in [1.165, 1.54) is 4.88 Å². The van der Waals surface area contributed by atoms with Gasteiger partial charge in [0.2, 0.25) is 11.7 Å². The lowest BCUT2D eigenvalue weighted by atomic mass is 10.1. The van der Waals surface area contributed by atoms with Crippen molar-refractivity contribution in [1.29, 1.82) is 0 Å². The van der Waals surface area contributed by atoms with Crippen LogP contribution in [0.5, 0.6) is 0 Å². The summed E-state index contributed by atoms with van der Waals surface area (Å²) in [6, 6.07) is 12.0. The first-order valence-electron chi connectivity index (χ1n) is 9.14. The first-order chi connectivity index (χ1) is 13.7. The number of aryl methyl sites for hydroxylation is 1. The molecule has 1 N–H and O–H groups in total. The lowest BCUT2D eigenvalue weighted by Gasteiger charge is -2.30. The van der Waals surface area contributed by atoms with E-state index in [9.17, 15) is 4.79 Å². The maximum absolute atomic E-state index is 13.0. The normalized spacial score (nSPS) is 21.4. The van der Waals surface area contributed by atoms with Crippen molar-refractivity contribution in [2.45, 2.75) is 32.0 Å². The maximum Gasteiger partial charge on any atom is 0.251 e. The van der Waals surface area contributed by atoms with E-state index in [0.717, 1.165) is 17.5 Å². The second-order valence-corrected chi connectivity index (χ2v) is 7.98. The van der Waals surface area contributed by atoms with Gasteiger partial charge in [-0.05, 0) is 24.4 Å². The fraction of sp³-hybridized carbons (Fsp3) is 0.250. The van der Waals surface area contributed by atoms with E-state index in [1.807, 2.05) is 48.5 Å². The zero-order chi connectivity index (χ0) is 19.1. The van der Waals surface area contributed by atoms with E-state index >= 15 is 0 Å². The van der Waals surface area contributed by atoms with Crippen molar-refractivity contribution in [3.63, 3.8) is 0 Å². The summed E-state index contributed by atoms with van der Waals surface area (Å²) in [6.07, 6.45) is 4.40. The summed E-state index contributed by atoms with van der Waals surface area (Å²) < 4.78 is 5.38. The van der Waals surface area contributed by atoms with Crippen LogP contribution in [0.1, 0.15) is 28.8 Å². The molecule has 5 rings (SSSR count). The Labute approximate surface area is 166 Å². The summed E-state index contributed by atoms with van der Waals surface area (Å²) in [6.45, 7) is 2.29. The molecule has 142 valence electrons. The van der Waals surface area contributed by atoms with Gasteiger partial charge < -0.3 is 14.4 Å². The second kappa shape index (κ2) is 6.88. The summed E-state index contributed by atoms with van der Waals surface area (Å²) in [5.74, 6) is 0.988. The highest BCUT2D eigenvalue weighted by Gasteiger charge is 2.40. The zero-order valence-corrected chi connectivity index (χ0v) is 16.1. The Morgan fingerprint density at radius 1 is 1.29 bits per heavy atom. The van der Waals surface area contributed by atoms with Crippen LogP contribution in [0.2, 0.25) is 0 Å². The molecular weight excluding hydrogens is 374 g/mol. The molecule has 0 aliphatic carbocycles. The first-order valence-corrected chi connectivity index (χ1v) is 10.0. The number of benzene rings is 1. The molecule has 2 aromatic heterocycles.